The fourth-order valence-corrected chi connectivity index (χ4v) is 8.73. The van der Waals surface area contributed by atoms with Crippen molar-refractivity contribution in [3.05, 3.63) is 29.3 Å². The van der Waals surface area contributed by atoms with Crippen molar-refractivity contribution >= 4 is 62.7 Å². The third-order valence-electron chi connectivity index (χ3n) is 6.04. The van der Waals surface area contributed by atoms with Gasteiger partial charge in [0.05, 0.1) is 23.2 Å². The number of rotatable bonds is 5. The van der Waals surface area contributed by atoms with Gasteiger partial charge in [-0.05, 0) is 30.7 Å². The van der Waals surface area contributed by atoms with Crippen molar-refractivity contribution in [1.82, 2.24) is 10.2 Å². The predicted octanol–water partition coefficient (Wildman–Crippen LogP) is 1.48. The third-order valence-corrected chi connectivity index (χ3v) is 9.51. The number of benzene rings is 1. The van der Waals surface area contributed by atoms with Crippen LogP contribution in [0.15, 0.2) is 24.3 Å². The molecule has 3 N–H and O–H groups in total. The van der Waals surface area contributed by atoms with Crippen LogP contribution in [0, 0.1) is 11.8 Å². The Bertz CT molecular complexity index is 856. The zero-order valence-corrected chi connectivity index (χ0v) is 18.8. The lowest BCUT2D eigenvalue weighted by molar-refractivity contribution is -0.139. The van der Waals surface area contributed by atoms with E-state index in [9.17, 15) is 19.5 Å². The number of hydrogen-bond donors (Lipinski definition) is 3. The number of aliphatic hydroxyl groups excluding tert-OH is 1. The number of nitrogens with zero attached hydrogens (tertiary/aromatic N) is 1. The first-order chi connectivity index (χ1) is 13.8. The fraction of sp³-hybridized carbons (Fsp3) is 0.526. The number of halogens is 2. The number of alkyl halides is 1. The van der Waals surface area contributed by atoms with Crippen molar-refractivity contribution in [3.8, 4) is 0 Å². The van der Waals surface area contributed by atoms with Crippen LogP contribution in [0.3, 0.4) is 0 Å². The van der Waals surface area contributed by atoms with Crippen LogP contribution in [0.25, 0.3) is 0 Å². The Kier molecular flexibility index (Phi) is 5.61. The average Bonchev–Trinajstić information content (AvgIpc) is 3.27. The summed E-state index contributed by atoms with van der Waals surface area (Å²) < 4.78 is -0.710. The molecule has 6 atom stereocenters. The molecule has 10 heteroatoms. The smallest absolute Gasteiger partial charge is 0.248 e. The predicted molar refractivity (Wildman–Crippen MR) is 115 cm³/mol. The number of hydrogen-bond acceptors (Lipinski definition) is 5. The van der Waals surface area contributed by atoms with Gasteiger partial charge in [-0.1, -0.05) is 27.5 Å². The average molecular weight is 503 g/mol. The highest BCUT2D eigenvalue weighted by Crippen LogP contribution is 2.67. The van der Waals surface area contributed by atoms with Gasteiger partial charge in [0.2, 0.25) is 17.7 Å². The summed E-state index contributed by atoms with van der Waals surface area (Å²) in [5.74, 6) is -1.83. The molecule has 156 valence electrons. The van der Waals surface area contributed by atoms with Gasteiger partial charge < -0.3 is 20.6 Å². The van der Waals surface area contributed by atoms with Gasteiger partial charge in [0, 0.05) is 34.4 Å². The van der Waals surface area contributed by atoms with Gasteiger partial charge in [-0.2, -0.15) is 0 Å². The van der Waals surface area contributed by atoms with Crippen LogP contribution in [0.1, 0.15) is 6.42 Å². The second-order valence-electron chi connectivity index (χ2n) is 7.53. The molecule has 3 amide bonds. The Morgan fingerprint density at radius 1 is 1.34 bits per heavy atom. The van der Waals surface area contributed by atoms with Gasteiger partial charge in [0.15, 0.2) is 0 Å². The van der Waals surface area contributed by atoms with Gasteiger partial charge in [0.1, 0.15) is 6.04 Å². The van der Waals surface area contributed by atoms with E-state index in [1.807, 2.05) is 0 Å². The van der Waals surface area contributed by atoms with Crippen LogP contribution >= 0.6 is 39.3 Å². The molecular weight excluding hydrogens is 482 g/mol. The number of carbonyl (C=O) groups is 3. The van der Waals surface area contributed by atoms with Crippen LogP contribution in [-0.4, -0.2) is 68.8 Å². The van der Waals surface area contributed by atoms with E-state index in [1.165, 1.54) is 4.90 Å². The van der Waals surface area contributed by atoms with E-state index in [2.05, 4.69) is 26.6 Å². The summed E-state index contributed by atoms with van der Waals surface area (Å²) in [7, 11) is 1.56. The molecule has 0 aliphatic carbocycles. The molecule has 0 saturated carbocycles. The highest BCUT2D eigenvalue weighted by Gasteiger charge is 2.75. The number of amides is 3. The van der Waals surface area contributed by atoms with Gasteiger partial charge in [-0.25, -0.2) is 0 Å². The minimum Gasteiger partial charge on any atom is -0.395 e. The Morgan fingerprint density at radius 3 is 2.66 bits per heavy atom. The van der Waals surface area contributed by atoms with Gasteiger partial charge in [-0.3, -0.25) is 14.4 Å². The van der Waals surface area contributed by atoms with Crippen LogP contribution in [0.5, 0.6) is 0 Å². The van der Waals surface area contributed by atoms with Crippen molar-refractivity contribution in [3.63, 3.8) is 0 Å². The molecule has 4 rings (SSSR count). The lowest BCUT2D eigenvalue weighted by Gasteiger charge is -2.35. The summed E-state index contributed by atoms with van der Waals surface area (Å²) in [6.07, 6.45) is 0.604. The summed E-state index contributed by atoms with van der Waals surface area (Å²) in [5.41, 5.74) is 0.575. The molecule has 0 aromatic heterocycles. The quantitative estimate of drug-likeness (QED) is 0.530. The van der Waals surface area contributed by atoms with E-state index in [-0.39, 0.29) is 41.0 Å². The zero-order valence-electron chi connectivity index (χ0n) is 15.6. The zero-order chi connectivity index (χ0) is 20.9. The number of anilines is 1. The Morgan fingerprint density at radius 2 is 2.03 bits per heavy atom. The van der Waals surface area contributed by atoms with Gasteiger partial charge in [0.25, 0.3) is 0 Å². The SMILES string of the molecule is CNC(=O)[C@H]1[C@H]2C(=O)N(CCO)C(C(=O)Nc3ccc(Cl)cc3)C23CC(Br)[C@@H]1S3. The number of thioether (sulfide) groups is 1. The molecule has 3 aliphatic heterocycles. The molecule has 3 fully saturated rings. The third kappa shape index (κ3) is 3.17. The monoisotopic (exact) mass is 501 g/mol. The number of fused-ring (bicyclic) bond motifs is 1. The van der Waals surface area contributed by atoms with Gasteiger partial charge in [-0.15, -0.1) is 11.8 Å². The second kappa shape index (κ2) is 7.76. The van der Waals surface area contributed by atoms with Crippen molar-refractivity contribution in [2.75, 3.05) is 25.5 Å². The summed E-state index contributed by atoms with van der Waals surface area (Å²) >= 11 is 11.1. The lowest BCUT2D eigenvalue weighted by atomic mass is 9.70. The van der Waals surface area contributed by atoms with Crippen molar-refractivity contribution < 1.29 is 19.5 Å². The van der Waals surface area contributed by atoms with Crippen molar-refractivity contribution in [2.45, 2.75) is 27.3 Å². The summed E-state index contributed by atoms with van der Waals surface area (Å²) in [5, 5.41) is 15.6. The Hall–Kier alpha value is -1.29. The number of β-amino-alcohol motifs (C(OH)–C–C–N with tert-alkyl or cyclic N) is 1. The summed E-state index contributed by atoms with van der Waals surface area (Å²) in [4.78, 5) is 40.8. The maximum atomic E-state index is 13.4. The number of nitrogens with one attached hydrogen (secondary N) is 2. The van der Waals surface area contributed by atoms with E-state index in [1.54, 1.807) is 43.1 Å². The summed E-state index contributed by atoms with van der Waals surface area (Å²) in [6.45, 7) is -0.204. The van der Waals surface area contributed by atoms with Crippen LogP contribution in [0.2, 0.25) is 5.02 Å². The topological polar surface area (TPSA) is 98.7 Å². The number of aliphatic hydroxyl groups is 1. The second-order valence-corrected chi connectivity index (χ2v) is 10.7. The van der Waals surface area contributed by atoms with Crippen LogP contribution < -0.4 is 10.6 Å². The highest BCUT2D eigenvalue weighted by molar-refractivity contribution is 9.09. The van der Waals surface area contributed by atoms with Crippen molar-refractivity contribution in [2.24, 2.45) is 11.8 Å². The molecular formula is C19H21BrClN3O4S. The molecule has 0 radical (unpaired) electrons. The van der Waals surface area contributed by atoms with Crippen LogP contribution in [0.4, 0.5) is 5.69 Å². The van der Waals surface area contributed by atoms with E-state index in [4.69, 9.17) is 11.6 Å². The van der Waals surface area contributed by atoms with E-state index >= 15 is 0 Å². The molecule has 3 heterocycles. The highest BCUT2D eigenvalue weighted by atomic mass is 79.9. The van der Waals surface area contributed by atoms with Gasteiger partial charge >= 0.3 is 0 Å². The first-order valence-electron chi connectivity index (χ1n) is 9.35. The lowest BCUT2D eigenvalue weighted by Crippen LogP contribution is -2.53. The van der Waals surface area contributed by atoms with Crippen molar-refractivity contribution in [1.29, 1.82) is 0 Å². The summed E-state index contributed by atoms with van der Waals surface area (Å²) in [6, 6.07) is 5.98. The fourth-order valence-electron chi connectivity index (χ4n) is 4.99. The minimum atomic E-state index is -0.771. The first-order valence-corrected chi connectivity index (χ1v) is 11.5. The molecule has 7 nitrogen and oxygen atoms in total. The molecule has 1 aromatic rings. The van der Waals surface area contributed by atoms with Crippen LogP contribution in [-0.2, 0) is 14.4 Å². The molecule has 2 bridgehead atoms. The molecule has 1 aromatic carbocycles. The number of likely N-dealkylation sites (tertiary alicyclic amines) is 1. The van der Waals surface area contributed by atoms with E-state index < -0.39 is 22.6 Å². The normalized spacial score (nSPS) is 35.0. The van der Waals surface area contributed by atoms with E-state index in [0.29, 0.717) is 17.1 Å². The molecule has 3 saturated heterocycles. The largest absolute Gasteiger partial charge is 0.395 e. The Balaban J connectivity index is 1.71. The molecule has 1 spiro atoms. The molecule has 3 unspecified atom stereocenters. The standard InChI is InChI=1S/C19H21BrClN3O4S/c1-22-16(26)12-13-18(28)24(6-7-25)15(19(13)8-11(20)14(12)29-19)17(27)23-10-4-2-9(21)3-5-10/h2-5,11-15,25H,6-8H2,1H3,(H,22,26)(H,23,27)/t11?,12-,13-,14-,15?,19?/m0/s1. The van der Waals surface area contributed by atoms with E-state index in [0.717, 1.165) is 0 Å². The number of carbonyl (C=O) groups excluding carboxylic acids is 3. The molecule has 29 heavy (non-hydrogen) atoms. The minimum absolute atomic E-state index is 0.0266. The maximum absolute atomic E-state index is 13.4. The maximum Gasteiger partial charge on any atom is 0.248 e. The Labute approximate surface area is 186 Å². The first kappa shape index (κ1) is 21.0. The molecule has 3 aliphatic rings.